The Morgan fingerprint density at radius 1 is 1.13 bits per heavy atom. The van der Waals surface area contributed by atoms with Crippen LogP contribution in [-0.2, 0) is 10.0 Å². The van der Waals surface area contributed by atoms with Crippen molar-refractivity contribution in [1.29, 1.82) is 0 Å². The van der Waals surface area contributed by atoms with E-state index in [2.05, 4.69) is 14.8 Å². The molecule has 0 saturated heterocycles. The number of rotatable bonds is 7. The second-order valence-corrected chi connectivity index (χ2v) is 8.80. The number of fused-ring (bicyclic) bond motifs is 1. The normalized spacial score (nSPS) is 11.5. The third kappa shape index (κ3) is 4.31. The van der Waals surface area contributed by atoms with Crippen molar-refractivity contribution in [2.45, 2.75) is 13.3 Å². The molecule has 0 aliphatic heterocycles. The fourth-order valence-corrected chi connectivity index (χ4v) is 4.39. The van der Waals surface area contributed by atoms with Gasteiger partial charge in [0.2, 0.25) is 10.0 Å². The van der Waals surface area contributed by atoms with Gasteiger partial charge in [0, 0.05) is 23.0 Å². The van der Waals surface area contributed by atoms with E-state index in [1.54, 1.807) is 37.4 Å². The molecule has 1 N–H and O–H groups in total. The molecule has 4 rings (SSSR count). The molecule has 2 heterocycles. The number of carbonyl (C=O) groups is 1. The van der Waals surface area contributed by atoms with E-state index < -0.39 is 15.8 Å². The molecular weight excluding hydrogens is 419 g/mol. The molecule has 9 heteroatoms. The first kappa shape index (κ1) is 20.7. The Morgan fingerprint density at radius 2 is 1.90 bits per heavy atom. The minimum atomic E-state index is -3.42. The molecule has 0 spiro atoms. The highest BCUT2D eigenvalue weighted by molar-refractivity contribution is 7.92. The number of aromatic nitrogens is 3. The van der Waals surface area contributed by atoms with E-state index in [0.717, 1.165) is 0 Å². The highest BCUT2D eigenvalue weighted by Crippen LogP contribution is 2.25. The summed E-state index contributed by atoms with van der Waals surface area (Å²) in [4.78, 5) is 17.2. The summed E-state index contributed by atoms with van der Waals surface area (Å²) in [5, 5.41) is 4.31. The van der Waals surface area contributed by atoms with Crippen molar-refractivity contribution in [3.8, 4) is 11.3 Å². The van der Waals surface area contributed by atoms with Gasteiger partial charge >= 0.3 is 0 Å². The quantitative estimate of drug-likeness (QED) is 0.442. The lowest BCUT2D eigenvalue weighted by Crippen LogP contribution is -2.16. The van der Waals surface area contributed by atoms with Crippen LogP contribution in [0.5, 0.6) is 0 Å². The van der Waals surface area contributed by atoms with Crippen LogP contribution < -0.4 is 4.72 Å². The summed E-state index contributed by atoms with van der Waals surface area (Å²) >= 11 is 0. The van der Waals surface area contributed by atoms with Crippen molar-refractivity contribution in [1.82, 2.24) is 14.6 Å². The molecule has 0 saturated carbocycles. The van der Waals surface area contributed by atoms with E-state index >= 15 is 0 Å². The SMILES string of the molecule is CCCS(=O)(=O)Nc1cccc(-c2ccnc3c(C(=O)c4ccc(F)cc4)cnn23)c1. The van der Waals surface area contributed by atoms with Crippen LogP contribution in [0.25, 0.3) is 16.9 Å². The third-order valence-electron chi connectivity index (χ3n) is 4.66. The van der Waals surface area contributed by atoms with Gasteiger partial charge in [-0.25, -0.2) is 22.3 Å². The van der Waals surface area contributed by atoms with Gasteiger partial charge in [0.1, 0.15) is 5.82 Å². The number of sulfonamides is 1. The highest BCUT2D eigenvalue weighted by Gasteiger charge is 2.18. The predicted molar refractivity (Wildman–Crippen MR) is 116 cm³/mol. The topological polar surface area (TPSA) is 93.4 Å². The molecule has 31 heavy (non-hydrogen) atoms. The van der Waals surface area contributed by atoms with Gasteiger partial charge in [0.05, 0.1) is 23.2 Å². The smallest absolute Gasteiger partial charge is 0.232 e. The first-order chi connectivity index (χ1) is 14.9. The summed E-state index contributed by atoms with van der Waals surface area (Å²) in [6, 6.07) is 13.9. The second-order valence-electron chi connectivity index (χ2n) is 6.96. The zero-order valence-corrected chi connectivity index (χ0v) is 17.4. The number of nitrogens with one attached hydrogen (secondary N) is 1. The number of ketones is 1. The molecule has 2 aromatic heterocycles. The Bertz CT molecular complexity index is 1370. The van der Waals surface area contributed by atoms with Gasteiger partial charge in [-0.15, -0.1) is 0 Å². The summed E-state index contributed by atoms with van der Waals surface area (Å²) in [6.07, 6.45) is 3.49. The van der Waals surface area contributed by atoms with Gasteiger partial charge in [-0.2, -0.15) is 5.10 Å². The summed E-state index contributed by atoms with van der Waals surface area (Å²) in [7, 11) is -3.42. The molecular formula is C22H19FN4O3S. The van der Waals surface area contributed by atoms with E-state index in [-0.39, 0.29) is 17.1 Å². The lowest BCUT2D eigenvalue weighted by Gasteiger charge is -2.10. The molecule has 0 fully saturated rings. The molecule has 0 amide bonds. The van der Waals surface area contributed by atoms with Crippen LogP contribution in [0.2, 0.25) is 0 Å². The van der Waals surface area contributed by atoms with Crippen molar-refractivity contribution in [2.24, 2.45) is 0 Å². The maximum Gasteiger partial charge on any atom is 0.232 e. The Kier molecular flexibility index (Phi) is 5.51. The molecule has 0 atom stereocenters. The fraction of sp³-hybridized carbons (Fsp3) is 0.136. The Hall–Kier alpha value is -3.59. The number of halogens is 1. The molecule has 0 aliphatic rings. The van der Waals surface area contributed by atoms with Crippen molar-refractivity contribution in [3.63, 3.8) is 0 Å². The number of carbonyl (C=O) groups excluding carboxylic acids is 1. The maximum absolute atomic E-state index is 13.2. The first-order valence-corrected chi connectivity index (χ1v) is 11.3. The molecule has 2 aromatic carbocycles. The van der Waals surface area contributed by atoms with Crippen molar-refractivity contribution >= 4 is 27.1 Å². The fourth-order valence-electron chi connectivity index (χ4n) is 3.27. The molecule has 7 nitrogen and oxygen atoms in total. The summed E-state index contributed by atoms with van der Waals surface area (Å²) in [6.45, 7) is 1.80. The van der Waals surface area contributed by atoms with Gasteiger partial charge in [0.25, 0.3) is 0 Å². The zero-order chi connectivity index (χ0) is 22.0. The van der Waals surface area contributed by atoms with Crippen LogP contribution in [0, 0.1) is 5.82 Å². The van der Waals surface area contributed by atoms with Crippen molar-refractivity contribution < 1.29 is 17.6 Å². The third-order valence-corrected chi connectivity index (χ3v) is 6.15. The molecule has 0 radical (unpaired) electrons. The number of nitrogens with zero attached hydrogens (tertiary/aromatic N) is 3. The summed E-state index contributed by atoms with van der Waals surface area (Å²) in [5.41, 5.74) is 2.74. The lowest BCUT2D eigenvalue weighted by molar-refractivity contribution is 0.104. The van der Waals surface area contributed by atoms with Gasteiger partial charge in [0.15, 0.2) is 11.4 Å². The molecule has 0 bridgehead atoms. The lowest BCUT2D eigenvalue weighted by atomic mass is 10.1. The van der Waals surface area contributed by atoms with Crippen LogP contribution in [0.3, 0.4) is 0 Å². The van der Waals surface area contributed by atoms with Gasteiger partial charge < -0.3 is 0 Å². The molecule has 4 aromatic rings. The van der Waals surface area contributed by atoms with Crippen molar-refractivity contribution in [3.05, 3.63) is 83.9 Å². The van der Waals surface area contributed by atoms with Crippen LogP contribution >= 0.6 is 0 Å². The van der Waals surface area contributed by atoms with Crippen LogP contribution in [0.15, 0.2) is 67.0 Å². The highest BCUT2D eigenvalue weighted by atomic mass is 32.2. The van der Waals surface area contributed by atoms with E-state index in [1.165, 1.54) is 35.0 Å². The van der Waals surface area contributed by atoms with E-state index in [4.69, 9.17) is 0 Å². The Balaban J connectivity index is 1.73. The number of anilines is 1. The van der Waals surface area contributed by atoms with Crippen LogP contribution in [0.1, 0.15) is 29.3 Å². The predicted octanol–water partition coefficient (Wildman–Crippen LogP) is 3.92. The standard InChI is InChI=1S/C22H19FN4O3S/c1-2-12-31(29,30)26-18-5-3-4-16(13-18)20-10-11-24-22-19(14-25-27(20)22)21(28)15-6-8-17(23)9-7-15/h3-11,13-14,26H,2,12H2,1H3. The molecule has 0 unspecified atom stereocenters. The molecule has 0 aliphatic carbocycles. The second kappa shape index (κ2) is 8.27. The van der Waals surface area contributed by atoms with Crippen molar-refractivity contribution in [2.75, 3.05) is 10.5 Å². The zero-order valence-electron chi connectivity index (χ0n) is 16.6. The van der Waals surface area contributed by atoms with E-state index in [9.17, 15) is 17.6 Å². The number of benzene rings is 2. The average Bonchev–Trinajstić information content (AvgIpc) is 3.18. The largest absolute Gasteiger partial charge is 0.288 e. The van der Waals surface area contributed by atoms with Gasteiger partial charge in [-0.1, -0.05) is 19.1 Å². The maximum atomic E-state index is 13.2. The Morgan fingerprint density at radius 3 is 2.65 bits per heavy atom. The minimum absolute atomic E-state index is 0.0325. The van der Waals surface area contributed by atoms with E-state index in [0.29, 0.717) is 34.6 Å². The minimum Gasteiger partial charge on any atom is -0.288 e. The van der Waals surface area contributed by atoms with Crippen LogP contribution in [-0.4, -0.2) is 34.6 Å². The van der Waals surface area contributed by atoms with Gasteiger partial charge in [-0.3, -0.25) is 9.52 Å². The van der Waals surface area contributed by atoms with E-state index in [1.807, 2.05) is 6.07 Å². The first-order valence-electron chi connectivity index (χ1n) is 9.62. The number of hydrogen-bond donors (Lipinski definition) is 1. The summed E-state index contributed by atoms with van der Waals surface area (Å²) in [5.74, 6) is -0.711. The summed E-state index contributed by atoms with van der Waals surface area (Å²) < 4.78 is 41.5. The molecule has 158 valence electrons. The monoisotopic (exact) mass is 438 g/mol. The Labute approximate surface area is 178 Å². The number of hydrogen-bond acceptors (Lipinski definition) is 5. The van der Waals surface area contributed by atoms with Gasteiger partial charge in [-0.05, 0) is 48.9 Å². The van der Waals surface area contributed by atoms with Crippen LogP contribution in [0.4, 0.5) is 10.1 Å². The average molecular weight is 438 g/mol.